The lowest BCUT2D eigenvalue weighted by molar-refractivity contribution is 0.00736. The van der Waals surface area contributed by atoms with Gasteiger partial charge in [0.2, 0.25) is 0 Å². The molecule has 1 rings (SSSR count). The van der Waals surface area contributed by atoms with Crippen LogP contribution in [0.15, 0.2) is 16.6 Å². The number of rotatable bonds is 9. The van der Waals surface area contributed by atoms with Crippen LogP contribution in [0.2, 0.25) is 0 Å². The standard InChI is InChI=1S/C16H26BrNO3/c1-5-16(4,19)11-21-15-13(17)8-12(10-18-6-2)9-14(15)20-7-3/h8-9,18-19H,5-7,10-11H2,1-4H3. The Bertz CT molecular complexity index is 449. The molecule has 120 valence electrons. The van der Waals surface area contributed by atoms with Crippen molar-refractivity contribution in [3.63, 3.8) is 0 Å². The van der Waals surface area contributed by atoms with E-state index < -0.39 is 5.60 Å². The van der Waals surface area contributed by atoms with E-state index in [0.717, 1.165) is 23.1 Å². The summed E-state index contributed by atoms with van der Waals surface area (Å²) in [5.74, 6) is 1.34. The Hall–Kier alpha value is -0.780. The summed E-state index contributed by atoms with van der Waals surface area (Å²) in [5.41, 5.74) is 0.285. The first-order chi connectivity index (χ1) is 9.93. The van der Waals surface area contributed by atoms with Gasteiger partial charge in [0, 0.05) is 6.54 Å². The van der Waals surface area contributed by atoms with Gasteiger partial charge in [-0.05, 0) is 60.4 Å². The summed E-state index contributed by atoms with van der Waals surface area (Å²) in [4.78, 5) is 0. The highest BCUT2D eigenvalue weighted by Crippen LogP contribution is 2.37. The van der Waals surface area contributed by atoms with Crippen LogP contribution in [-0.2, 0) is 6.54 Å². The summed E-state index contributed by atoms with van der Waals surface area (Å²) in [7, 11) is 0. The van der Waals surface area contributed by atoms with E-state index >= 15 is 0 Å². The van der Waals surface area contributed by atoms with Crippen molar-refractivity contribution in [3.8, 4) is 11.5 Å². The van der Waals surface area contributed by atoms with E-state index in [-0.39, 0.29) is 6.61 Å². The Morgan fingerprint density at radius 2 is 1.95 bits per heavy atom. The van der Waals surface area contributed by atoms with Crippen LogP contribution in [0.25, 0.3) is 0 Å². The maximum Gasteiger partial charge on any atom is 0.175 e. The van der Waals surface area contributed by atoms with Gasteiger partial charge in [-0.2, -0.15) is 0 Å². The summed E-state index contributed by atoms with van der Waals surface area (Å²) < 4.78 is 12.3. The molecular weight excluding hydrogens is 334 g/mol. The van der Waals surface area contributed by atoms with Crippen LogP contribution < -0.4 is 14.8 Å². The van der Waals surface area contributed by atoms with E-state index in [1.54, 1.807) is 6.92 Å². The molecule has 1 aromatic rings. The number of ether oxygens (including phenoxy) is 2. The zero-order chi connectivity index (χ0) is 15.9. The number of hydrogen-bond donors (Lipinski definition) is 2. The molecule has 0 amide bonds. The Labute approximate surface area is 136 Å². The molecule has 4 nitrogen and oxygen atoms in total. The molecular formula is C16H26BrNO3. The minimum Gasteiger partial charge on any atom is -0.490 e. The lowest BCUT2D eigenvalue weighted by Gasteiger charge is -2.23. The van der Waals surface area contributed by atoms with E-state index in [1.165, 1.54) is 0 Å². The van der Waals surface area contributed by atoms with Crippen molar-refractivity contribution >= 4 is 15.9 Å². The zero-order valence-corrected chi connectivity index (χ0v) is 14.9. The third kappa shape index (κ3) is 5.85. The van der Waals surface area contributed by atoms with Gasteiger partial charge >= 0.3 is 0 Å². The lowest BCUT2D eigenvalue weighted by atomic mass is 10.1. The van der Waals surface area contributed by atoms with Crippen molar-refractivity contribution < 1.29 is 14.6 Å². The lowest BCUT2D eigenvalue weighted by Crippen LogP contribution is -2.31. The molecule has 1 unspecified atom stereocenters. The molecule has 0 fully saturated rings. The van der Waals surface area contributed by atoms with Crippen molar-refractivity contribution in [1.29, 1.82) is 0 Å². The highest BCUT2D eigenvalue weighted by atomic mass is 79.9. The van der Waals surface area contributed by atoms with Gasteiger partial charge in [0.15, 0.2) is 11.5 Å². The minimum atomic E-state index is -0.842. The predicted molar refractivity (Wildman–Crippen MR) is 89.1 cm³/mol. The number of halogens is 1. The van der Waals surface area contributed by atoms with Crippen molar-refractivity contribution in [2.75, 3.05) is 19.8 Å². The Morgan fingerprint density at radius 3 is 2.52 bits per heavy atom. The van der Waals surface area contributed by atoms with Gasteiger partial charge in [0.1, 0.15) is 6.61 Å². The van der Waals surface area contributed by atoms with Crippen LogP contribution in [0.1, 0.15) is 39.7 Å². The van der Waals surface area contributed by atoms with Crippen LogP contribution in [0.5, 0.6) is 11.5 Å². The average Bonchev–Trinajstić information content (AvgIpc) is 2.44. The fraction of sp³-hybridized carbons (Fsp3) is 0.625. The SMILES string of the molecule is CCNCc1cc(Br)c(OCC(C)(O)CC)c(OCC)c1. The molecule has 2 N–H and O–H groups in total. The molecule has 0 saturated carbocycles. The normalized spacial score (nSPS) is 13.8. The van der Waals surface area contributed by atoms with Gasteiger partial charge in [0.25, 0.3) is 0 Å². The topological polar surface area (TPSA) is 50.7 Å². The first kappa shape index (κ1) is 18.3. The highest BCUT2D eigenvalue weighted by molar-refractivity contribution is 9.10. The fourth-order valence-corrected chi connectivity index (χ4v) is 2.33. The van der Waals surface area contributed by atoms with Gasteiger partial charge in [-0.25, -0.2) is 0 Å². The van der Waals surface area contributed by atoms with Crippen molar-refractivity contribution in [1.82, 2.24) is 5.32 Å². The number of benzene rings is 1. The van der Waals surface area contributed by atoms with E-state index in [4.69, 9.17) is 9.47 Å². The highest BCUT2D eigenvalue weighted by Gasteiger charge is 2.21. The third-order valence-corrected chi connectivity index (χ3v) is 3.83. The van der Waals surface area contributed by atoms with Crippen LogP contribution in [0.3, 0.4) is 0 Å². The number of aliphatic hydroxyl groups is 1. The van der Waals surface area contributed by atoms with Crippen LogP contribution in [0, 0.1) is 0 Å². The molecule has 0 aliphatic rings. The summed E-state index contributed by atoms with van der Waals surface area (Å²) in [6.45, 7) is 10.2. The average molecular weight is 360 g/mol. The van der Waals surface area contributed by atoms with Crippen LogP contribution >= 0.6 is 15.9 Å². The van der Waals surface area contributed by atoms with E-state index in [0.29, 0.717) is 24.5 Å². The third-order valence-electron chi connectivity index (χ3n) is 3.24. The van der Waals surface area contributed by atoms with Gasteiger partial charge in [-0.1, -0.05) is 13.8 Å². The molecule has 1 atom stereocenters. The maximum atomic E-state index is 10.1. The Kier molecular flexibility index (Phi) is 7.49. The Balaban J connectivity index is 2.95. The summed E-state index contributed by atoms with van der Waals surface area (Å²) in [5, 5.41) is 13.4. The predicted octanol–water partition coefficient (Wildman–Crippen LogP) is 3.50. The summed E-state index contributed by atoms with van der Waals surface area (Å²) in [6, 6.07) is 3.99. The fourth-order valence-electron chi connectivity index (χ4n) is 1.73. The number of nitrogens with one attached hydrogen (secondary N) is 1. The second-order valence-electron chi connectivity index (χ2n) is 5.26. The first-order valence-electron chi connectivity index (χ1n) is 7.44. The summed E-state index contributed by atoms with van der Waals surface area (Å²) in [6.07, 6.45) is 0.632. The monoisotopic (exact) mass is 359 g/mol. The van der Waals surface area contributed by atoms with Crippen LogP contribution in [-0.4, -0.2) is 30.5 Å². The van der Waals surface area contributed by atoms with Crippen molar-refractivity contribution in [2.45, 2.75) is 46.3 Å². The molecule has 1 aromatic carbocycles. The second kappa shape index (κ2) is 8.61. The van der Waals surface area contributed by atoms with Gasteiger partial charge in [-0.15, -0.1) is 0 Å². The molecule has 21 heavy (non-hydrogen) atoms. The molecule has 0 spiro atoms. The molecule has 0 aliphatic heterocycles. The molecule has 0 saturated heterocycles. The van der Waals surface area contributed by atoms with Gasteiger partial charge < -0.3 is 19.9 Å². The molecule has 0 heterocycles. The maximum absolute atomic E-state index is 10.1. The number of hydrogen-bond acceptors (Lipinski definition) is 4. The minimum absolute atomic E-state index is 0.231. The molecule has 0 aromatic heterocycles. The molecule has 0 aliphatic carbocycles. The first-order valence-corrected chi connectivity index (χ1v) is 8.23. The van der Waals surface area contributed by atoms with Gasteiger partial charge in [0.05, 0.1) is 16.7 Å². The van der Waals surface area contributed by atoms with Crippen molar-refractivity contribution in [2.24, 2.45) is 0 Å². The smallest absolute Gasteiger partial charge is 0.175 e. The summed E-state index contributed by atoms with van der Waals surface area (Å²) >= 11 is 3.54. The molecule has 0 bridgehead atoms. The van der Waals surface area contributed by atoms with E-state index in [2.05, 4.69) is 28.2 Å². The van der Waals surface area contributed by atoms with Gasteiger partial charge in [-0.3, -0.25) is 0 Å². The quantitative estimate of drug-likeness (QED) is 0.708. The van der Waals surface area contributed by atoms with Crippen molar-refractivity contribution in [3.05, 3.63) is 22.2 Å². The zero-order valence-electron chi connectivity index (χ0n) is 13.3. The van der Waals surface area contributed by atoms with Crippen LogP contribution in [0.4, 0.5) is 0 Å². The van der Waals surface area contributed by atoms with E-state index in [1.807, 2.05) is 26.0 Å². The Morgan fingerprint density at radius 1 is 1.24 bits per heavy atom. The largest absolute Gasteiger partial charge is 0.490 e. The molecule has 5 heteroatoms. The second-order valence-corrected chi connectivity index (χ2v) is 6.11. The molecule has 0 radical (unpaired) electrons. The van der Waals surface area contributed by atoms with E-state index in [9.17, 15) is 5.11 Å².